The zero-order chi connectivity index (χ0) is 13.1. The van der Waals surface area contributed by atoms with E-state index in [9.17, 15) is 9.90 Å². The maximum Gasteiger partial charge on any atom is 0.251 e. The van der Waals surface area contributed by atoms with E-state index in [1.165, 1.54) is 6.07 Å². The molecule has 0 saturated heterocycles. The van der Waals surface area contributed by atoms with E-state index in [0.717, 1.165) is 0 Å². The topological polar surface area (TPSA) is 49.3 Å². The molecule has 1 unspecified atom stereocenters. The number of halogens is 2. The lowest BCUT2D eigenvalue weighted by molar-refractivity contribution is 0.0518. The number of carbonyl (C=O) groups is 1. The summed E-state index contributed by atoms with van der Waals surface area (Å²) in [7, 11) is 0. The molecule has 1 aromatic rings. The van der Waals surface area contributed by atoms with Crippen molar-refractivity contribution >= 4 is 29.1 Å². The molecule has 1 amide bonds. The predicted octanol–water partition coefficient (Wildman–Crippen LogP) is 2.88. The number of benzene rings is 1. The molecule has 0 spiro atoms. The van der Waals surface area contributed by atoms with Gasteiger partial charge in [0.15, 0.2) is 0 Å². The molecule has 0 bridgehead atoms. The normalized spacial score (nSPS) is 14.2. The number of rotatable bonds is 4. The molecule has 0 saturated carbocycles. The van der Waals surface area contributed by atoms with Gasteiger partial charge in [0.25, 0.3) is 5.91 Å². The van der Waals surface area contributed by atoms with Crippen molar-refractivity contribution < 1.29 is 9.90 Å². The molecule has 1 aromatic carbocycles. The quantitative estimate of drug-likeness (QED) is 0.888. The first-order chi connectivity index (χ1) is 7.85. The van der Waals surface area contributed by atoms with Gasteiger partial charge in [-0.15, -0.1) is 0 Å². The largest absolute Gasteiger partial charge is 0.388 e. The number of hydrogen-bond acceptors (Lipinski definition) is 2. The van der Waals surface area contributed by atoms with Crippen LogP contribution in [-0.2, 0) is 0 Å². The Labute approximate surface area is 111 Å². The van der Waals surface area contributed by atoms with Crippen LogP contribution in [0.25, 0.3) is 0 Å². The Bertz CT molecular complexity index is 419. The van der Waals surface area contributed by atoms with Crippen molar-refractivity contribution in [2.45, 2.75) is 25.9 Å². The lowest BCUT2D eigenvalue weighted by Crippen LogP contribution is -2.40. The number of hydrogen-bond donors (Lipinski definition) is 2. The molecule has 5 heteroatoms. The summed E-state index contributed by atoms with van der Waals surface area (Å²) in [4.78, 5) is 11.7. The summed E-state index contributed by atoms with van der Waals surface area (Å²) in [5.41, 5.74) is -0.474. The fraction of sp³-hybridized carbons (Fsp3) is 0.417. The minimum atomic E-state index is -0.897. The average molecular weight is 276 g/mol. The Morgan fingerprint density at radius 3 is 2.59 bits per heavy atom. The van der Waals surface area contributed by atoms with Crippen molar-refractivity contribution in [1.82, 2.24) is 5.32 Å². The fourth-order valence-electron chi connectivity index (χ4n) is 1.14. The van der Waals surface area contributed by atoms with Gasteiger partial charge in [0, 0.05) is 12.1 Å². The number of amides is 1. The third-order valence-electron chi connectivity index (χ3n) is 2.57. The Hall–Kier alpha value is -0.770. The van der Waals surface area contributed by atoms with Crippen LogP contribution >= 0.6 is 23.2 Å². The standard InChI is InChI=1S/C12H15Cl2NO2/c1-3-12(2,17)7-15-11(16)8-4-5-9(13)10(14)6-8/h4-6,17H,3,7H2,1-2H3,(H,15,16). The van der Waals surface area contributed by atoms with E-state index in [2.05, 4.69) is 5.32 Å². The first-order valence-corrected chi connectivity index (χ1v) is 6.07. The molecular formula is C12H15Cl2NO2. The van der Waals surface area contributed by atoms with Gasteiger partial charge in [-0.25, -0.2) is 0 Å². The Morgan fingerprint density at radius 2 is 2.06 bits per heavy atom. The summed E-state index contributed by atoms with van der Waals surface area (Å²) in [6.07, 6.45) is 0.564. The Balaban J connectivity index is 2.68. The van der Waals surface area contributed by atoms with Crippen molar-refractivity contribution in [1.29, 1.82) is 0 Å². The molecule has 94 valence electrons. The van der Waals surface area contributed by atoms with E-state index in [1.807, 2.05) is 6.92 Å². The van der Waals surface area contributed by atoms with Crippen LogP contribution in [0.15, 0.2) is 18.2 Å². The van der Waals surface area contributed by atoms with Gasteiger partial charge in [0.2, 0.25) is 0 Å². The lowest BCUT2D eigenvalue weighted by Gasteiger charge is -2.21. The second-order valence-corrected chi connectivity index (χ2v) is 4.98. The fourth-order valence-corrected chi connectivity index (χ4v) is 1.43. The second-order valence-electron chi connectivity index (χ2n) is 4.16. The van der Waals surface area contributed by atoms with Crippen LogP contribution < -0.4 is 5.32 Å². The van der Waals surface area contributed by atoms with Crippen LogP contribution in [0.4, 0.5) is 0 Å². The highest BCUT2D eigenvalue weighted by molar-refractivity contribution is 6.42. The van der Waals surface area contributed by atoms with Crippen LogP contribution in [0, 0.1) is 0 Å². The van der Waals surface area contributed by atoms with Gasteiger partial charge in [0.1, 0.15) is 0 Å². The summed E-state index contributed by atoms with van der Waals surface area (Å²) < 4.78 is 0. The summed E-state index contributed by atoms with van der Waals surface area (Å²) in [5.74, 6) is -0.280. The van der Waals surface area contributed by atoms with E-state index in [1.54, 1.807) is 19.1 Å². The molecule has 1 atom stereocenters. The van der Waals surface area contributed by atoms with Crippen molar-refractivity contribution in [2.75, 3.05) is 6.54 Å². The molecule has 0 heterocycles. The maximum absolute atomic E-state index is 11.7. The first kappa shape index (κ1) is 14.3. The van der Waals surface area contributed by atoms with Crippen LogP contribution in [-0.4, -0.2) is 23.2 Å². The smallest absolute Gasteiger partial charge is 0.251 e. The highest BCUT2D eigenvalue weighted by Crippen LogP contribution is 2.22. The molecule has 0 fully saturated rings. The third kappa shape index (κ3) is 4.19. The van der Waals surface area contributed by atoms with E-state index in [0.29, 0.717) is 22.0 Å². The minimum Gasteiger partial charge on any atom is -0.388 e. The number of nitrogens with one attached hydrogen (secondary N) is 1. The molecule has 1 rings (SSSR count). The average Bonchev–Trinajstić information content (AvgIpc) is 2.30. The van der Waals surface area contributed by atoms with Gasteiger partial charge in [-0.3, -0.25) is 4.79 Å². The van der Waals surface area contributed by atoms with Crippen molar-refractivity contribution in [2.24, 2.45) is 0 Å². The molecule has 0 radical (unpaired) electrons. The van der Waals surface area contributed by atoms with Crippen molar-refractivity contribution in [3.05, 3.63) is 33.8 Å². The van der Waals surface area contributed by atoms with E-state index in [4.69, 9.17) is 23.2 Å². The Kier molecular flexibility index (Phi) is 4.80. The monoisotopic (exact) mass is 275 g/mol. The van der Waals surface area contributed by atoms with E-state index in [-0.39, 0.29) is 12.5 Å². The van der Waals surface area contributed by atoms with E-state index >= 15 is 0 Å². The molecule has 0 aliphatic rings. The minimum absolute atomic E-state index is 0.197. The van der Waals surface area contributed by atoms with Crippen molar-refractivity contribution in [3.8, 4) is 0 Å². The maximum atomic E-state index is 11.7. The van der Waals surface area contributed by atoms with Gasteiger partial charge < -0.3 is 10.4 Å². The second kappa shape index (κ2) is 5.71. The van der Waals surface area contributed by atoms with E-state index < -0.39 is 5.60 Å². The third-order valence-corrected chi connectivity index (χ3v) is 3.31. The van der Waals surface area contributed by atoms with Gasteiger partial charge in [-0.05, 0) is 31.5 Å². The molecule has 2 N–H and O–H groups in total. The van der Waals surface area contributed by atoms with Crippen LogP contribution in [0.5, 0.6) is 0 Å². The van der Waals surface area contributed by atoms with Gasteiger partial charge >= 0.3 is 0 Å². The molecule has 0 aromatic heterocycles. The highest BCUT2D eigenvalue weighted by Gasteiger charge is 2.19. The lowest BCUT2D eigenvalue weighted by atomic mass is 10.0. The molecule has 17 heavy (non-hydrogen) atoms. The first-order valence-electron chi connectivity index (χ1n) is 5.31. The summed E-state index contributed by atoms with van der Waals surface area (Å²) >= 11 is 11.6. The summed E-state index contributed by atoms with van der Waals surface area (Å²) in [6, 6.07) is 4.65. The Morgan fingerprint density at radius 1 is 1.41 bits per heavy atom. The zero-order valence-electron chi connectivity index (χ0n) is 9.76. The van der Waals surface area contributed by atoms with Gasteiger partial charge in [0.05, 0.1) is 15.6 Å². The summed E-state index contributed by atoms with van der Waals surface area (Å²) in [5, 5.41) is 13.1. The SMILES string of the molecule is CCC(C)(O)CNC(=O)c1ccc(Cl)c(Cl)c1. The van der Waals surface area contributed by atoms with Gasteiger partial charge in [-0.1, -0.05) is 30.1 Å². The molecule has 3 nitrogen and oxygen atoms in total. The van der Waals surface area contributed by atoms with Crippen molar-refractivity contribution in [3.63, 3.8) is 0 Å². The zero-order valence-corrected chi connectivity index (χ0v) is 11.3. The van der Waals surface area contributed by atoms with Crippen LogP contribution in [0.1, 0.15) is 30.6 Å². The van der Waals surface area contributed by atoms with Crippen LogP contribution in [0.3, 0.4) is 0 Å². The molecule has 0 aliphatic carbocycles. The number of carbonyl (C=O) groups excluding carboxylic acids is 1. The van der Waals surface area contributed by atoms with Gasteiger partial charge in [-0.2, -0.15) is 0 Å². The van der Waals surface area contributed by atoms with Crippen LogP contribution in [0.2, 0.25) is 10.0 Å². The predicted molar refractivity (Wildman–Crippen MR) is 69.7 cm³/mol. The molecule has 0 aliphatic heterocycles. The highest BCUT2D eigenvalue weighted by atomic mass is 35.5. The molecular weight excluding hydrogens is 261 g/mol. The summed E-state index contributed by atoms with van der Waals surface area (Å²) in [6.45, 7) is 3.72. The number of aliphatic hydroxyl groups is 1.